The summed E-state index contributed by atoms with van der Waals surface area (Å²) in [5, 5.41) is 0. The summed E-state index contributed by atoms with van der Waals surface area (Å²) in [5.74, 6) is 0.696. The molecule has 1 unspecified atom stereocenters. The van der Waals surface area contributed by atoms with Crippen LogP contribution in [-0.4, -0.2) is 24.5 Å². The monoisotopic (exact) mass is 264 g/mol. The molecule has 2 rings (SSSR count). The highest BCUT2D eigenvalue weighted by Crippen LogP contribution is 2.23. The summed E-state index contributed by atoms with van der Waals surface area (Å²) in [6.07, 6.45) is 5.14. The summed E-state index contributed by atoms with van der Waals surface area (Å²) >= 11 is 0. The molecule has 0 radical (unpaired) electrons. The minimum Gasteiger partial charge on any atom is -0.323 e. The van der Waals surface area contributed by atoms with Crippen molar-refractivity contribution in [2.45, 2.75) is 38.6 Å². The molecule has 1 aromatic carbocycles. The van der Waals surface area contributed by atoms with E-state index in [1.165, 1.54) is 31.7 Å². The van der Waals surface area contributed by atoms with Crippen LogP contribution in [0.3, 0.4) is 0 Å². The van der Waals surface area contributed by atoms with Crippen LogP contribution < -0.4 is 5.73 Å². The first kappa shape index (κ1) is 14.5. The standard InChI is InChI=1S/C16H25FN2/c1-2-5-13-8-10-19(11-9-13)12-16(18)14-6-3-4-7-15(14)17/h3-4,6-7,13,16H,2,5,8-12,18H2,1H3. The summed E-state index contributed by atoms with van der Waals surface area (Å²) < 4.78 is 13.7. The first-order valence-corrected chi connectivity index (χ1v) is 7.43. The topological polar surface area (TPSA) is 29.3 Å². The maximum Gasteiger partial charge on any atom is 0.128 e. The first-order chi connectivity index (χ1) is 9.20. The number of likely N-dealkylation sites (tertiary alicyclic amines) is 1. The minimum atomic E-state index is -0.219. The number of benzene rings is 1. The van der Waals surface area contributed by atoms with Crippen LogP contribution in [0, 0.1) is 11.7 Å². The predicted octanol–water partition coefficient (Wildman–Crippen LogP) is 3.34. The van der Waals surface area contributed by atoms with E-state index in [9.17, 15) is 4.39 Å². The minimum absolute atomic E-state index is 0.184. The Bertz CT molecular complexity index is 386. The Labute approximate surface area is 115 Å². The molecule has 0 saturated carbocycles. The van der Waals surface area contributed by atoms with Crippen molar-refractivity contribution in [2.24, 2.45) is 11.7 Å². The van der Waals surface area contributed by atoms with E-state index in [0.717, 1.165) is 25.6 Å². The summed E-state index contributed by atoms with van der Waals surface area (Å²) in [6.45, 7) is 5.22. The summed E-state index contributed by atoms with van der Waals surface area (Å²) in [6, 6.07) is 6.63. The van der Waals surface area contributed by atoms with Gasteiger partial charge in [0.05, 0.1) is 0 Å². The Morgan fingerprint density at radius 1 is 1.32 bits per heavy atom. The van der Waals surface area contributed by atoms with E-state index in [1.807, 2.05) is 6.07 Å². The molecule has 0 aromatic heterocycles. The van der Waals surface area contributed by atoms with Gasteiger partial charge in [-0.15, -0.1) is 0 Å². The number of hydrogen-bond donors (Lipinski definition) is 1. The zero-order valence-electron chi connectivity index (χ0n) is 11.8. The molecule has 1 aliphatic heterocycles. The molecule has 0 spiro atoms. The van der Waals surface area contributed by atoms with E-state index >= 15 is 0 Å². The summed E-state index contributed by atoms with van der Waals surface area (Å²) in [4.78, 5) is 2.38. The van der Waals surface area contributed by atoms with Gasteiger partial charge >= 0.3 is 0 Å². The summed E-state index contributed by atoms with van der Waals surface area (Å²) in [5.41, 5.74) is 6.78. The molecule has 106 valence electrons. The SMILES string of the molecule is CCCC1CCN(CC(N)c2ccccc2F)CC1. The molecule has 1 atom stereocenters. The Balaban J connectivity index is 1.84. The van der Waals surface area contributed by atoms with Gasteiger partial charge in [-0.05, 0) is 37.9 Å². The number of nitrogens with zero attached hydrogens (tertiary/aromatic N) is 1. The molecular weight excluding hydrogens is 239 g/mol. The van der Waals surface area contributed by atoms with Crippen molar-refractivity contribution in [2.75, 3.05) is 19.6 Å². The molecule has 1 saturated heterocycles. The average molecular weight is 264 g/mol. The second kappa shape index (κ2) is 7.01. The maximum atomic E-state index is 13.7. The van der Waals surface area contributed by atoms with Crippen LogP contribution in [0.5, 0.6) is 0 Å². The largest absolute Gasteiger partial charge is 0.323 e. The van der Waals surface area contributed by atoms with Crippen LogP contribution in [-0.2, 0) is 0 Å². The lowest BCUT2D eigenvalue weighted by molar-refractivity contribution is 0.169. The lowest BCUT2D eigenvalue weighted by atomic mass is 9.92. The fourth-order valence-electron chi connectivity index (χ4n) is 3.02. The van der Waals surface area contributed by atoms with Crippen molar-refractivity contribution in [3.05, 3.63) is 35.6 Å². The van der Waals surface area contributed by atoms with Gasteiger partial charge in [0.1, 0.15) is 5.82 Å². The fraction of sp³-hybridized carbons (Fsp3) is 0.625. The van der Waals surface area contributed by atoms with Crippen LogP contribution in [0.1, 0.15) is 44.2 Å². The Hall–Kier alpha value is -0.930. The summed E-state index contributed by atoms with van der Waals surface area (Å²) in [7, 11) is 0. The normalized spacial score (nSPS) is 19.5. The van der Waals surface area contributed by atoms with Gasteiger partial charge < -0.3 is 10.6 Å². The molecule has 2 N–H and O–H groups in total. The highest BCUT2D eigenvalue weighted by molar-refractivity contribution is 5.21. The first-order valence-electron chi connectivity index (χ1n) is 7.43. The number of rotatable bonds is 5. The van der Waals surface area contributed by atoms with Gasteiger partial charge in [0, 0.05) is 18.2 Å². The van der Waals surface area contributed by atoms with Gasteiger partial charge in [-0.2, -0.15) is 0 Å². The van der Waals surface area contributed by atoms with Crippen molar-refractivity contribution in [1.82, 2.24) is 4.90 Å². The molecule has 1 aliphatic rings. The van der Waals surface area contributed by atoms with Gasteiger partial charge in [0.25, 0.3) is 0 Å². The molecule has 1 heterocycles. The van der Waals surface area contributed by atoms with Gasteiger partial charge in [0.2, 0.25) is 0 Å². The van der Waals surface area contributed by atoms with Crippen molar-refractivity contribution >= 4 is 0 Å². The van der Waals surface area contributed by atoms with Crippen molar-refractivity contribution in [1.29, 1.82) is 0 Å². The highest BCUT2D eigenvalue weighted by atomic mass is 19.1. The smallest absolute Gasteiger partial charge is 0.128 e. The number of piperidine rings is 1. The quantitative estimate of drug-likeness (QED) is 0.884. The second-order valence-corrected chi connectivity index (χ2v) is 5.66. The third-order valence-corrected chi connectivity index (χ3v) is 4.16. The number of halogens is 1. The van der Waals surface area contributed by atoms with Gasteiger partial charge in [-0.1, -0.05) is 38.0 Å². The van der Waals surface area contributed by atoms with E-state index < -0.39 is 0 Å². The third-order valence-electron chi connectivity index (χ3n) is 4.16. The Morgan fingerprint density at radius 2 is 2.00 bits per heavy atom. The molecule has 0 amide bonds. The molecule has 0 bridgehead atoms. The van der Waals surface area contributed by atoms with Gasteiger partial charge in [-0.25, -0.2) is 4.39 Å². The van der Waals surface area contributed by atoms with Crippen LogP contribution in [0.15, 0.2) is 24.3 Å². The number of nitrogens with two attached hydrogens (primary N) is 1. The molecule has 3 heteroatoms. The lowest BCUT2D eigenvalue weighted by Gasteiger charge is -2.33. The lowest BCUT2D eigenvalue weighted by Crippen LogP contribution is -2.38. The molecule has 0 aliphatic carbocycles. The molecule has 1 aromatic rings. The van der Waals surface area contributed by atoms with E-state index in [2.05, 4.69) is 11.8 Å². The van der Waals surface area contributed by atoms with Gasteiger partial charge in [0.15, 0.2) is 0 Å². The van der Waals surface area contributed by atoms with E-state index in [1.54, 1.807) is 12.1 Å². The van der Waals surface area contributed by atoms with E-state index in [4.69, 9.17) is 5.73 Å². The zero-order valence-corrected chi connectivity index (χ0v) is 11.8. The molecule has 19 heavy (non-hydrogen) atoms. The van der Waals surface area contributed by atoms with Crippen LogP contribution in [0.2, 0.25) is 0 Å². The average Bonchev–Trinajstić information content (AvgIpc) is 2.42. The van der Waals surface area contributed by atoms with Crippen molar-refractivity contribution in [3.63, 3.8) is 0 Å². The second-order valence-electron chi connectivity index (χ2n) is 5.66. The van der Waals surface area contributed by atoms with Crippen molar-refractivity contribution < 1.29 is 4.39 Å². The molecular formula is C16H25FN2. The van der Waals surface area contributed by atoms with Crippen LogP contribution in [0.25, 0.3) is 0 Å². The van der Waals surface area contributed by atoms with Crippen LogP contribution >= 0.6 is 0 Å². The van der Waals surface area contributed by atoms with Crippen LogP contribution in [0.4, 0.5) is 4.39 Å². The predicted molar refractivity (Wildman–Crippen MR) is 77.4 cm³/mol. The van der Waals surface area contributed by atoms with E-state index in [-0.39, 0.29) is 11.9 Å². The van der Waals surface area contributed by atoms with Gasteiger partial charge in [-0.3, -0.25) is 0 Å². The Morgan fingerprint density at radius 3 is 2.63 bits per heavy atom. The Kier molecular flexibility index (Phi) is 5.34. The fourth-order valence-corrected chi connectivity index (χ4v) is 3.02. The maximum absolute atomic E-state index is 13.7. The highest BCUT2D eigenvalue weighted by Gasteiger charge is 2.21. The van der Waals surface area contributed by atoms with Crippen molar-refractivity contribution in [3.8, 4) is 0 Å². The zero-order chi connectivity index (χ0) is 13.7. The third kappa shape index (κ3) is 4.02. The molecule has 1 fully saturated rings. The number of hydrogen-bond acceptors (Lipinski definition) is 2. The molecule has 2 nitrogen and oxygen atoms in total. The van der Waals surface area contributed by atoms with E-state index in [0.29, 0.717) is 5.56 Å².